The highest BCUT2D eigenvalue weighted by molar-refractivity contribution is 6.32. The summed E-state index contributed by atoms with van der Waals surface area (Å²) in [4.78, 5) is 11.4. The summed E-state index contributed by atoms with van der Waals surface area (Å²) >= 11 is 11.7. The Morgan fingerprint density at radius 2 is 1.97 bits per heavy atom. The summed E-state index contributed by atoms with van der Waals surface area (Å²) in [6.07, 6.45) is 1.75. The van der Waals surface area contributed by atoms with E-state index in [0.29, 0.717) is 17.1 Å². The molecule has 178 valence electrons. The molecule has 4 rings (SSSR count). The molecule has 0 unspecified atom stereocenters. The van der Waals surface area contributed by atoms with Gasteiger partial charge in [-0.2, -0.15) is 9.78 Å². The maximum absolute atomic E-state index is 14.4. The van der Waals surface area contributed by atoms with Crippen molar-refractivity contribution in [1.29, 1.82) is 0 Å². The third-order valence-electron chi connectivity index (χ3n) is 5.47. The van der Waals surface area contributed by atoms with Crippen molar-refractivity contribution in [3.8, 4) is 22.7 Å². The Morgan fingerprint density at radius 1 is 1.21 bits per heavy atom. The molecule has 0 aliphatic heterocycles. The van der Waals surface area contributed by atoms with E-state index in [0.717, 1.165) is 16.5 Å². The van der Waals surface area contributed by atoms with Crippen LogP contribution in [0.25, 0.3) is 27.8 Å². The summed E-state index contributed by atoms with van der Waals surface area (Å²) in [6, 6.07) is 8.68. The van der Waals surface area contributed by atoms with E-state index in [2.05, 4.69) is 15.4 Å². The Kier molecular flexibility index (Phi) is 6.51. The van der Waals surface area contributed by atoms with E-state index in [1.807, 2.05) is 39.1 Å². The summed E-state index contributed by atoms with van der Waals surface area (Å²) in [6.45, 7) is 3.90. The van der Waals surface area contributed by atoms with Crippen molar-refractivity contribution in [2.45, 2.75) is 19.3 Å². The van der Waals surface area contributed by atoms with Crippen LogP contribution in [0.4, 0.5) is 4.39 Å². The lowest BCUT2D eigenvalue weighted by Gasteiger charge is -2.20. The highest BCUT2D eigenvalue weighted by Gasteiger charge is 2.27. The minimum Gasteiger partial charge on any atom is -0.492 e. The Balaban J connectivity index is 1.68. The van der Waals surface area contributed by atoms with E-state index in [4.69, 9.17) is 32.7 Å². The van der Waals surface area contributed by atoms with Gasteiger partial charge in [0, 0.05) is 17.8 Å². The van der Waals surface area contributed by atoms with Crippen molar-refractivity contribution < 1.29 is 18.7 Å². The summed E-state index contributed by atoms with van der Waals surface area (Å²) < 4.78 is 27.8. The fourth-order valence-corrected chi connectivity index (χ4v) is 3.92. The average Bonchev–Trinajstić information content (AvgIpc) is 3.42. The zero-order valence-corrected chi connectivity index (χ0v) is 20.5. The Bertz CT molecular complexity index is 1360. The summed E-state index contributed by atoms with van der Waals surface area (Å²) in [5.74, 6) is -0.649. The molecule has 34 heavy (non-hydrogen) atoms. The van der Waals surface area contributed by atoms with Crippen LogP contribution in [-0.2, 0) is 22.0 Å². The number of carbonyl (C=O) groups excluding carboxylic acids is 1. The maximum atomic E-state index is 14.4. The first-order valence-corrected chi connectivity index (χ1v) is 11.2. The smallest absolute Gasteiger partial charge is 0.320 e. The second kappa shape index (κ2) is 9.23. The molecule has 0 spiro atoms. The van der Waals surface area contributed by atoms with Crippen LogP contribution in [0, 0.1) is 5.82 Å². The predicted octanol–water partition coefficient (Wildman–Crippen LogP) is 4.68. The molecule has 0 fully saturated rings. The summed E-state index contributed by atoms with van der Waals surface area (Å²) in [5.41, 5.74) is 2.26. The van der Waals surface area contributed by atoms with Crippen molar-refractivity contribution in [3.05, 3.63) is 53.1 Å². The number of nitrogens with zero attached hydrogens (tertiary/aromatic N) is 5. The van der Waals surface area contributed by atoms with Crippen molar-refractivity contribution in [1.82, 2.24) is 24.8 Å². The first kappa shape index (κ1) is 24.0. The number of methoxy groups -OCH3 is 1. The molecule has 8 nitrogen and oxygen atoms in total. The number of halogens is 3. The fraction of sp³-hybridized carbons (Fsp3) is 0.304. The van der Waals surface area contributed by atoms with Gasteiger partial charge in [-0.3, -0.25) is 9.48 Å². The van der Waals surface area contributed by atoms with E-state index in [9.17, 15) is 9.18 Å². The van der Waals surface area contributed by atoms with Gasteiger partial charge in [-0.1, -0.05) is 36.7 Å². The molecule has 0 aliphatic carbocycles. The number of benzene rings is 2. The van der Waals surface area contributed by atoms with Gasteiger partial charge in [0.1, 0.15) is 12.5 Å². The van der Waals surface area contributed by atoms with Crippen LogP contribution >= 0.6 is 23.2 Å². The monoisotopic (exact) mass is 505 g/mol. The van der Waals surface area contributed by atoms with Crippen molar-refractivity contribution in [2.75, 3.05) is 19.6 Å². The molecule has 0 radical (unpaired) electrons. The van der Waals surface area contributed by atoms with E-state index >= 15 is 0 Å². The van der Waals surface area contributed by atoms with E-state index < -0.39 is 17.2 Å². The van der Waals surface area contributed by atoms with Crippen molar-refractivity contribution in [2.24, 2.45) is 7.05 Å². The van der Waals surface area contributed by atoms with E-state index in [-0.39, 0.29) is 23.3 Å². The van der Waals surface area contributed by atoms with Crippen LogP contribution in [-0.4, -0.2) is 50.3 Å². The SMILES string of the molecule is COc1c(F)cc(-c2ccc3c(-n4cc(C(C)(C)COC(=O)CCl)nn4)nn(C)c3c2)cc1Cl. The molecule has 0 aliphatic rings. The average molecular weight is 506 g/mol. The predicted molar refractivity (Wildman–Crippen MR) is 127 cm³/mol. The standard InChI is InChI=1S/C23H22Cl2FN5O3/c1-23(2,12-34-20(32)10-24)19-11-31(29-27-19)22-15-6-5-13(9-18(15)30(3)28-22)14-7-16(25)21(33-4)17(26)8-14/h5-9,11H,10,12H2,1-4H3. The molecule has 11 heteroatoms. The van der Waals surface area contributed by atoms with Crippen molar-refractivity contribution >= 4 is 40.1 Å². The highest BCUT2D eigenvalue weighted by Crippen LogP contribution is 2.35. The van der Waals surface area contributed by atoms with Crippen LogP contribution in [0.15, 0.2) is 36.5 Å². The molecule has 4 aromatic rings. The van der Waals surface area contributed by atoms with Crippen LogP contribution in [0.3, 0.4) is 0 Å². The molecule has 0 atom stereocenters. The van der Waals surface area contributed by atoms with Crippen LogP contribution in [0.1, 0.15) is 19.5 Å². The molecular weight excluding hydrogens is 484 g/mol. The number of alkyl halides is 1. The van der Waals surface area contributed by atoms with Crippen molar-refractivity contribution in [3.63, 3.8) is 0 Å². The summed E-state index contributed by atoms with van der Waals surface area (Å²) in [7, 11) is 3.18. The van der Waals surface area contributed by atoms with Gasteiger partial charge in [-0.25, -0.2) is 4.39 Å². The molecule has 2 aromatic heterocycles. The van der Waals surface area contributed by atoms with Gasteiger partial charge < -0.3 is 9.47 Å². The lowest BCUT2D eigenvalue weighted by Crippen LogP contribution is -2.27. The van der Waals surface area contributed by atoms with Crippen LogP contribution in [0.5, 0.6) is 5.75 Å². The fourth-order valence-electron chi connectivity index (χ4n) is 3.56. The minimum atomic E-state index is -0.574. The topological polar surface area (TPSA) is 84.1 Å². The molecular formula is C23H22Cl2FN5O3. The number of hydrogen-bond acceptors (Lipinski definition) is 6. The number of ether oxygens (including phenoxy) is 2. The Hall–Kier alpha value is -3.17. The number of hydrogen-bond donors (Lipinski definition) is 0. The third-order valence-corrected chi connectivity index (χ3v) is 5.97. The number of aromatic nitrogens is 5. The second-order valence-electron chi connectivity index (χ2n) is 8.38. The number of esters is 1. The van der Waals surface area contributed by atoms with Gasteiger partial charge in [0.25, 0.3) is 0 Å². The minimum absolute atomic E-state index is 0.0108. The van der Waals surface area contributed by atoms with Gasteiger partial charge in [0.15, 0.2) is 17.4 Å². The third kappa shape index (κ3) is 4.45. The first-order chi connectivity index (χ1) is 16.1. The Labute approximate surface area is 205 Å². The zero-order chi connectivity index (χ0) is 24.6. The second-order valence-corrected chi connectivity index (χ2v) is 9.05. The molecule has 2 aromatic carbocycles. The van der Waals surface area contributed by atoms with Gasteiger partial charge in [-0.15, -0.1) is 16.7 Å². The normalized spacial score (nSPS) is 11.7. The quantitative estimate of drug-likeness (QED) is 0.267. The Morgan fingerprint density at radius 3 is 2.65 bits per heavy atom. The first-order valence-electron chi connectivity index (χ1n) is 10.3. The number of fused-ring (bicyclic) bond motifs is 1. The summed E-state index contributed by atoms with van der Waals surface area (Å²) in [5, 5.41) is 14.1. The molecule has 0 amide bonds. The lowest BCUT2D eigenvalue weighted by molar-refractivity contribution is -0.142. The van der Waals surface area contributed by atoms with Gasteiger partial charge >= 0.3 is 5.97 Å². The van der Waals surface area contributed by atoms with Gasteiger partial charge in [0.05, 0.1) is 29.5 Å². The van der Waals surface area contributed by atoms with E-state index in [1.165, 1.54) is 13.2 Å². The van der Waals surface area contributed by atoms with Gasteiger partial charge in [0.2, 0.25) is 0 Å². The molecule has 0 saturated carbocycles. The lowest BCUT2D eigenvalue weighted by atomic mass is 9.91. The molecule has 0 saturated heterocycles. The van der Waals surface area contributed by atoms with Crippen LogP contribution in [0.2, 0.25) is 5.02 Å². The number of aryl methyl sites for hydroxylation is 1. The zero-order valence-electron chi connectivity index (χ0n) is 19.0. The largest absolute Gasteiger partial charge is 0.492 e. The molecule has 0 N–H and O–H groups in total. The molecule has 0 bridgehead atoms. The number of rotatable bonds is 7. The number of carbonyl (C=O) groups is 1. The maximum Gasteiger partial charge on any atom is 0.320 e. The van der Waals surface area contributed by atoms with E-state index in [1.54, 1.807) is 21.6 Å². The highest BCUT2D eigenvalue weighted by atomic mass is 35.5. The van der Waals surface area contributed by atoms with Crippen LogP contribution < -0.4 is 4.74 Å². The molecule has 2 heterocycles. The van der Waals surface area contributed by atoms with Gasteiger partial charge in [-0.05, 0) is 35.4 Å².